The summed E-state index contributed by atoms with van der Waals surface area (Å²) in [7, 11) is 0. The number of fused-ring (bicyclic) bond motifs is 1. The minimum absolute atomic E-state index is 0.0360. The number of hydrogen-bond donors (Lipinski definition) is 3. The van der Waals surface area contributed by atoms with E-state index in [1.165, 1.54) is 22.0 Å². The molecule has 2 aromatic heterocycles. The number of anilines is 1. The zero-order chi connectivity index (χ0) is 31.6. The van der Waals surface area contributed by atoms with Gasteiger partial charge >= 0.3 is 11.9 Å². The fourth-order valence-corrected chi connectivity index (χ4v) is 6.66. The van der Waals surface area contributed by atoms with E-state index in [1.54, 1.807) is 30.6 Å². The quantitative estimate of drug-likeness (QED) is 0.0687. The van der Waals surface area contributed by atoms with Crippen LogP contribution in [-0.2, 0) is 28.7 Å². The SMILES string of the molecule is CCCC(CCC)C(=O)OCCOC(=O)C1=C(/C=C\c2cccnc2)CS[C@H]2[C@H](NC(=O)C(=NO)c3csc(N)n3)C(=O)N12. The van der Waals surface area contributed by atoms with Gasteiger partial charge in [-0.1, -0.05) is 50.1 Å². The molecule has 15 heteroatoms. The molecule has 0 aliphatic carbocycles. The molecular formula is C29H34N6O7S2. The molecule has 0 bridgehead atoms. The fraction of sp³-hybridized carbons (Fsp3) is 0.414. The Kier molecular flexibility index (Phi) is 11.5. The van der Waals surface area contributed by atoms with Gasteiger partial charge in [0, 0.05) is 23.5 Å². The van der Waals surface area contributed by atoms with Crippen molar-refractivity contribution in [2.45, 2.75) is 50.9 Å². The van der Waals surface area contributed by atoms with Crippen LogP contribution in [0.4, 0.5) is 5.13 Å². The standard InChI is InChI=1S/C29H34N6O7S2/c1-3-6-18(7-4-2)27(38)41-12-13-42-28(39)23-19(10-9-17-8-5-11-31-14-17)15-43-26-22(25(37)35(23)26)33-24(36)21(34-40)20-16-44-29(30)32-20/h5,8-11,14,16,18,22,26,40H,3-4,6-7,12-13,15H2,1-2H3,(H2,30,32)(H,33,36)/b10-9-,34-21?/t22-,26+/m1/s1. The largest absolute Gasteiger partial charge is 0.462 e. The summed E-state index contributed by atoms with van der Waals surface area (Å²) in [5.41, 5.74) is 6.66. The first-order valence-electron chi connectivity index (χ1n) is 14.1. The second-order valence-electron chi connectivity index (χ2n) is 9.95. The first-order valence-corrected chi connectivity index (χ1v) is 16.1. The number of oxime groups is 1. The number of carbonyl (C=O) groups excluding carboxylic acids is 4. The van der Waals surface area contributed by atoms with Gasteiger partial charge in [-0.05, 0) is 30.0 Å². The second-order valence-corrected chi connectivity index (χ2v) is 11.9. The van der Waals surface area contributed by atoms with Gasteiger partial charge in [-0.3, -0.25) is 24.3 Å². The van der Waals surface area contributed by atoms with Crippen LogP contribution >= 0.6 is 23.1 Å². The Morgan fingerprint density at radius 3 is 2.61 bits per heavy atom. The van der Waals surface area contributed by atoms with Crippen LogP contribution < -0.4 is 11.1 Å². The van der Waals surface area contributed by atoms with Gasteiger partial charge in [0.05, 0.1) is 5.92 Å². The van der Waals surface area contributed by atoms with Gasteiger partial charge in [0.25, 0.3) is 11.8 Å². The highest BCUT2D eigenvalue weighted by Crippen LogP contribution is 2.41. The molecule has 0 unspecified atom stereocenters. The van der Waals surface area contributed by atoms with Gasteiger partial charge in [0.1, 0.15) is 36.0 Å². The molecule has 0 radical (unpaired) electrons. The molecule has 2 amide bonds. The lowest BCUT2D eigenvalue weighted by atomic mass is 9.99. The number of β-lactam (4-membered cyclic amide) rings is 1. The molecular weight excluding hydrogens is 608 g/mol. The molecule has 4 rings (SSSR count). The van der Waals surface area contributed by atoms with E-state index in [0.29, 0.717) is 11.3 Å². The summed E-state index contributed by atoms with van der Waals surface area (Å²) >= 11 is 2.41. The Bertz CT molecular complexity index is 1450. The topological polar surface area (TPSA) is 186 Å². The zero-order valence-electron chi connectivity index (χ0n) is 24.3. The average Bonchev–Trinajstić information content (AvgIpc) is 3.46. The molecule has 1 saturated heterocycles. The van der Waals surface area contributed by atoms with E-state index in [9.17, 15) is 24.4 Å². The molecule has 4 heterocycles. The van der Waals surface area contributed by atoms with Crippen molar-refractivity contribution < 1.29 is 33.9 Å². The molecule has 2 atom stereocenters. The lowest BCUT2D eigenvalue weighted by molar-refractivity contribution is -0.157. The van der Waals surface area contributed by atoms with Gasteiger partial charge in [-0.2, -0.15) is 0 Å². The third kappa shape index (κ3) is 7.63. The number of nitrogens with two attached hydrogens (primary N) is 1. The molecule has 2 aromatic rings. The average molecular weight is 643 g/mol. The Morgan fingerprint density at radius 2 is 1.98 bits per heavy atom. The number of amides is 2. The molecule has 44 heavy (non-hydrogen) atoms. The van der Waals surface area contributed by atoms with Crippen LogP contribution in [0.3, 0.4) is 0 Å². The second kappa shape index (κ2) is 15.5. The van der Waals surface area contributed by atoms with Crippen molar-refractivity contribution in [3.8, 4) is 0 Å². The number of ether oxygens (including phenoxy) is 2. The maximum Gasteiger partial charge on any atom is 0.355 e. The predicted octanol–water partition coefficient (Wildman–Crippen LogP) is 2.97. The normalized spacial score (nSPS) is 18.3. The molecule has 1 fully saturated rings. The maximum atomic E-state index is 13.4. The fourth-order valence-electron chi connectivity index (χ4n) is 4.79. The number of thiazole rings is 1. The van der Waals surface area contributed by atoms with Crippen molar-refractivity contribution in [1.82, 2.24) is 20.2 Å². The zero-order valence-corrected chi connectivity index (χ0v) is 25.9. The van der Waals surface area contributed by atoms with Gasteiger partial charge in [-0.15, -0.1) is 23.1 Å². The van der Waals surface area contributed by atoms with Gasteiger partial charge in [0.2, 0.25) is 0 Å². The number of thioether (sulfide) groups is 1. The summed E-state index contributed by atoms with van der Waals surface area (Å²) in [5, 5.41) is 16.0. The minimum Gasteiger partial charge on any atom is -0.462 e. The third-order valence-electron chi connectivity index (χ3n) is 6.89. The highest BCUT2D eigenvalue weighted by atomic mass is 32.2. The first kappa shape index (κ1) is 32.7. The van der Waals surface area contributed by atoms with Crippen LogP contribution in [0.1, 0.15) is 50.8 Å². The number of hydrogen-bond acceptors (Lipinski definition) is 13. The number of nitrogen functional groups attached to an aromatic ring is 1. The Hall–Kier alpha value is -4.24. The van der Waals surface area contributed by atoms with Crippen LogP contribution in [0.25, 0.3) is 6.08 Å². The number of nitrogens with zero attached hydrogens (tertiary/aromatic N) is 4. The Morgan fingerprint density at radius 1 is 1.23 bits per heavy atom. The monoisotopic (exact) mass is 642 g/mol. The van der Waals surface area contributed by atoms with Gasteiger partial charge < -0.3 is 25.7 Å². The first-order chi connectivity index (χ1) is 21.3. The van der Waals surface area contributed by atoms with Crippen LogP contribution in [0.2, 0.25) is 0 Å². The van der Waals surface area contributed by atoms with E-state index in [-0.39, 0.29) is 41.6 Å². The summed E-state index contributed by atoms with van der Waals surface area (Å²) in [6.45, 7) is 3.71. The Labute approximate surface area is 262 Å². The molecule has 13 nitrogen and oxygen atoms in total. The summed E-state index contributed by atoms with van der Waals surface area (Å²) in [6, 6.07) is 2.62. The third-order valence-corrected chi connectivity index (χ3v) is 8.86. The highest BCUT2D eigenvalue weighted by Gasteiger charge is 2.54. The molecule has 2 aliphatic rings. The van der Waals surface area contributed by atoms with Crippen molar-refractivity contribution in [1.29, 1.82) is 0 Å². The Balaban J connectivity index is 1.47. The number of aromatic nitrogens is 2. The number of nitrogens with one attached hydrogen (secondary N) is 1. The van der Waals surface area contributed by atoms with Crippen molar-refractivity contribution in [3.05, 3.63) is 58.5 Å². The molecule has 234 valence electrons. The number of rotatable bonds is 14. The highest BCUT2D eigenvalue weighted by molar-refractivity contribution is 8.00. The summed E-state index contributed by atoms with van der Waals surface area (Å²) in [5.74, 6) is -2.31. The van der Waals surface area contributed by atoms with Crippen LogP contribution in [0.15, 0.2) is 52.4 Å². The van der Waals surface area contributed by atoms with Crippen LogP contribution in [0, 0.1) is 5.92 Å². The smallest absolute Gasteiger partial charge is 0.355 e. The molecule has 2 aliphatic heterocycles. The molecule has 0 saturated carbocycles. The van der Waals surface area contributed by atoms with E-state index >= 15 is 0 Å². The summed E-state index contributed by atoms with van der Waals surface area (Å²) in [4.78, 5) is 61.4. The number of allylic oxidation sites excluding steroid dienone is 1. The molecule has 0 aromatic carbocycles. The molecule has 4 N–H and O–H groups in total. The van der Waals surface area contributed by atoms with E-state index < -0.39 is 34.9 Å². The summed E-state index contributed by atoms with van der Waals surface area (Å²) in [6.07, 6.45) is 9.96. The maximum absolute atomic E-state index is 13.4. The van der Waals surface area contributed by atoms with Gasteiger partial charge in [0.15, 0.2) is 10.8 Å². The lowest BCUT2D eigenvalue weighted by Gasteiger charge is -2.49. The number of esters is 2. The minimum atomic E-state index is -0.998. The van der Waals surface area contributed by atoms with E-state index in [4.69, 9.17) is 15.2 Å². The predicted molar refractivity (Wildman–Crippen MR) is 165 cm³/mol. The summed E-state index contributed by atoms with van der Waals surface area (Å²) < 4.78 is 10.8. The number of carbonyl (C=O) groups is 4. The van der Waals surface area contributed by atoms with E-state index in [0.717, 1.165) is 42.6 Å². The van der Waals surface area contributed by atoms with Crippen molar-refractivity contribution in [2.24, 2.45) is 11.1 Å². The van der Waals surface area contributed by atoms with Crippen molar-refractivity contribution in [2.75, 3.05) is 24.7 Å². The lowest BCUT2D eigenvalue weighted by Crippen LogP contribution is -2.71. The van der Waals surface area contributed by atoms with Crippen LogP contribution in [0.5, 0.6) is 0 Å². The van der Waals surface area contributed by atoms with E-state index in [1.807, 2.05) is 19.9 Å². The van der Waals surface area contributed by atoms with Crippen molar-refractivity contribution in [3.63, 3.8) is 0 Å². The van der Waals surface area contributed by atoms with Crippen molar-refractivity contribution >= 4 is 63.8 Å². The van der Waals surface area contributed by atoms with Crippen LogP contribution in [-0.4, -0.2) is 79.9 Å². The van der Waals surface area contributed by atoms with E-state index in [2.05, 4.69) is 20.4 Å². The molecule has 0 spiro atoms. The van der Waals surface area contributed by atoms with Gasteiger partial charge in [-0.25, -0.2) is 9.78 Å². The number of pyridine rings is 1.